The number of methoxy groups -OCH3 is 2. The summed E-state index contributed by atoms with van der Waals surface area (Å²) in [5, 5.41) is 3.97. The van der Waals surface area contributed by atoms with Crippen molar-refractivity contribution in [2.45, 2.75) is 0 Å². The molecule has 2 rings (SSSR count). The fourth-order valence-corrected chi connectivity index (χ4v) is 1.77. The van der Waals surface area contributed by atoms with Gasteiger partial charge in [0.15, 0.2) is 17.3 Å². The van der Waals surface area contributed by atoms with E-state index in [-0.39, 0.29) is 5.78 Å². The fourth-order valence-electron chi connectivity index (χ4n) is 1.77. The highest BCUT2D eigenvalue weighted by Gasteiger charge is 2.05. The maximum absolute atomic E-state index is 11.9. The number of allylic oxidation sites excluding steroid dienone is 1. The monoisotopic (exact) mass is 272 g/mol. The molecule has 0 N–H and O–H groups in total. The first kappa shape index (κ1) is 13.9. The Balaban J connectivity index is 2.17. The second-order valence-corrected chi connectivity index (χ2v) is 4.21. The summed E-state index contributed by atoms with van der Waals surface area (Å²) in [6, 6.07) is 5.47. The maximum Gasteiger partial charge on any atom is 0.189 e. The zero-order valence-electron chi connectivity index (χ0n) is 11.7. The maximum atomic E-state index is 11.9. The Kier molecular flexibility index (Phi) is 4.20. The number of benzene rings is 1. The Hall–Kier alpha value is -2.56. The number of aryl methyl sites for hydroxylation is 1. The van der Waals surface area contributed by atoms with Gasteiger partial charge < -0.3 is 9.47 Å². The van der Waals surface area contributed by atoms with Gasteiger partial charge in [-0.25, -0.2) is 0 Å². The van der Waals surface area contributed by atoms with Crippen LogP contribution in [0.2, 0.25) is 0 Å². The third kappa shape index (κ3) is 3.06. The molecule has 0 aliphatic heterocycles. The van der Waals surface area contributed by atoms with Crippen LogP contribution in [0, 0.1) is 0 Å². The van der Waals surface area contributed by atoms with E-state index in [9.17, 15) is 4.79 Å². The van der Waals surface area contributed by atoms with Gasteiger partial charge in [-0.05, 0) is 23.8 Å². The van der Waals surface area contributed by atoms with Gasteiger partial charge in [0.2, 0.25) is 0 Å². The van der Waals surface area contributed by atoms with Crippen LogP contribution < -0.4 is 9.47 Å². The SMILES string of the molecule is COc1ccc(/C=C\C(=O)c2cnn(C)c2)cc1OC. The van der Waals surface area contributed by atoms with Crippen molar-refractivity contribution in [1.29, 1.82) is 0 Å². The highest BCUT2D eigenvalue weighted by Crippen LogP contribution is 2.27. The molecule has 2 aromatic rings. The van der Waals surface area contributed by atoms with Crippen molar-refractivity contribution >= 4 is 11.9 Å². The van der Waals surface area contributed by atoms with Gasteiger partial charge in [0, 0.05) is 13.2 Å². The molecule has 0 aliphatic carbocycles. The third-order valence-corrected chi connectivity index (χ3v) is 2.82. The normalized spacial score (nSPS) is 10.8. The van der Waals surface area contributed by atoms with Crippen molar-refractivity contribution in [2.24, 2.45) is 7.05 Å². The van der Waals surface area contributed by atoms with Gasteiger partial charge in [-0.3, -0.25) is 9.48 Å². The van der Waals surface area contributed by atoms with E-state index < -0.39 is 0 Å². The molecule has 1 aromatic carbocycles. The molecule has 0 amide bonds. The van der Waals surface area contributed by atoms with Crippen LogP contribution in [-0.4, -0.2) is 29.8 Å². The zero-order valence-corrected chi connectivity index (χ0v) is 11.7. The van der Waals surface area contributed by atoms with E-state index in [1.807, 2.05) is 12.1 Å². The second-order valence-electron chi connectivity index (χ2n) is 4.21. The summed E-state index contributed by atoms with van der Waals surface area (Å²) in [6.07, 6.45) is 6.47. The van der Waals surface area contributed by atoms with Crippen LogP contribution in [0.25, 0.3) is 6.08 Å². The van der Waals surface area contributed by atoms with Crippen molar-refractivity contribution in [3.05, 3.63) is 47.8 Å². The van der Waals surface area contributed by atoms with E-state index in [0.717, 1.165) is 5.56 Å². The molecule has 1 aromatic heterocycles. The molecule has 0 spiro atoms. The molecule has 0 fully saturated rings. The quantitative estimate of drug-likeness (QED) is 0.619. The number of nitrogens with zero attached hydrogens (tertiary/aromatic N) is 2. The van der Waals surface area contributed by atoms with Crippen LogP contribution in [0.3, 0.4) is 0 Å². The molecule has 104 valence electrons. The number of carbonyl (C=O) groups excluding carboxylic acids is 1. The van der Waals surface area contributed by atoms with Gasteiger partial charge >= 0.3 is 0 Å². The standard InChI is InChI=1S/C15H16N2O3/c1-17-10-12(9-16-17)13(18)6-4-11-5-7-14(19-2)15(8-11)20-3/h4-10H,1-3H3/b6-4-. The van der Waals surface area contributed by atoms with Crippen molar-refractivity contribution in [1.82, 2.24) is 9.78 Å². The molecular weight excluding hydrogens is 256 g/mol. The second kappa shape index (κ2) is 6.06. The minimum absolute atomic E-state index is 0.0899. The van der Waals surface area contributed by atoms with Gasteiger partial charge in [0.1, 0.15) is 0 Å². The lowest BCUT2D eigenvalue weighted by Gasteiger charge is -2.07. The highest BCUT2D eigenvalue weighted by molar-refractivity contribution is 6.06. The lowest BCUT2D eigenvalue weighted by atomic mass is 10.1. The highest BCUT2D eigenvalue weighted by atomic mass is 16.5. The summed E-state index contributed by atoms with van der Waals surface area (Å²) in [5.41, 5.74) is 1.42. The lowest BCUT2D eigenvalue weighted by Crippen LogP contribution is -1.93. The minimum Gasteiger partial charge on any atom is -0.493 e. The van der Waals surface area contributed by atoms with Crippen molar-refractivity contribution in [2.75, 3.05) is 14.2 Å². The zero-order chi connectivity index (χ0) is 14.5. The largest absolute Gasteiger partial charge is 0.493 e. The van der Waals surface area contributed by atoms with Crippen LogP contribution >= 0.6 is 0 Å². The number of carbonyl (C=O) groups is 1. The van der Waals surface area contributed by atoms with Crippen LogP contribution in [0.4, 0.5) is 0 Å². The molecule has 0 aliphatic rings. The van der Waals surface area contributed by atoms with E-state index in [4.69, 9.17) is 9.47 Å². The molecule has 0 saturated heterocycles. The van der Waals surface area contributed by atoms with Crippen LogP contribution in [0.1, 0.15) is 15.9 Å². The minimum atomic E-state index is -0.0899. The molecule has 0 bridgehead atoms. The first-order chi connectivity index (χ1) is 9.63. The number of hydrogen-bond donors (Lipinski definition) is 0. The molecule has 0 atom stereocenters. The number of rotatable bonds is 5. The average Bonchev–Trinajstić information content (AvgIpc) is 2.91. The smallest absolute Gasteiger partial charge is 0.189 e. The average molecular weight is 272 g/mol. The Morgan fingerprint density at radius 2 is 2.00 bits per heavy atom. The number of ketones is 1. The molecular formula is C15H16N2O3. The van der Waals surface area contributed by atoms with Gasteiger partial charge in [0.25, 0.3) is 0 Å². The summed E-state index contributed by atoms with van der Waals surface area (Å²) in [6.45, 7) is 0. The number of ether oxygens (including phenoxy) is 2. The van der Waals surface area contributed by atoms with Gasteiger partial charge in [-0.15, -0.1) is 0 Å². The predicted molar refractivity (Wildman–Crippen MR) is 76.1 cm³/mol. The van der Waals surface area contributed by atoms with Crippen molar-refractivity contribution in [3.8, 4) is 11.5 Å². The van der Waals surface area contributed by atoms with Crippen LogP contribution in [0.15, 0.2) is 36.7 Å². The van der Waals surface area contributed by atoms with E-state index in [0.29, 0.717) is 17.1 Å². The molecule has 1 heterocycles. The Morgan fingerprint density at radius 3 is 2.60 bits per heavy atom. The molecule has 20 heavy (non-hydrogen) atoms. The molecule has 5 heteroatoms. The van der Waals surface area contributed by atoms with Crippen molar-refractivity contribution in [3.63, 3.8) is 0 Å². The van der Waals surface area contributed by atoms with Crippen molar-refractivity contribution < 1.29 is 14.3 Å². The Morgan fingerprint density at radius 1 is 1.25 bits per heavy atom. The Bertz CT molecular complexity index is 644. The summed E-state index contributed by atoms with van der Waals surface area (Å²) in [5.74, 6) is 1.19. The third-order valence-electron chi connectivity index (χ3n) is 2.82. The predicted octanol–water partition coefficient (Wildman–Crippen LogP) is 2.33. The topological polar surface area (TPSA) is 53.3 Å². The van der Waals surface area contributed by atoms with Crippen LogP contribution in [-0.2, 0) is 7.05 Å². The Labute approximate surface area is 117 Å². The molecule has 0 unspecified atom stereocenters. The fraction of sp³-hybridized carbons (Fsp3) is 0.200. The summed E-state index contributed by atoms with van der Waals surface area (Å²) in [4.78, 5) is 11.9. The van der Waals surface area contributed by atoms with E-state index >= 15 is 0 Å². The van der Waals surface area contributed by atoms with Crippen LogP contribution in [0.5, 0.6) is 11.5 Å². The summed E-state index contributed by atoms with van der Waals surface area (Å²) in [7, 11) is 4.93. The molecule has 0 radical (unpaired) electrons. The molecule has 0 saturated carbocycles. The van der Waals surface area contributed by atoms with E-state index in [1.54, 1.807) is 50.5 Å². The van der Waals surface area contributed by atoms with Gasteiger partial charge in [-0.1, -0.05) is 12.1 Å². The van der Waals surface area contributed by atoms with E-state index in [2.05, 4.69) is 5.10 Å². The number of hydrogen-bond acceptors (Lipinski definition) is 4. The summed E-state index contributed by atoms with van der Waals surface area (Å²) < 4.78 is 12.0. The lowest BCUT2D eigenvalue weighted by molar-refractivity contribution is 0.104. The first-order valence-corrected chi connectivity index (χ1v) is 6.07. The molecule has 5 nitrogen and oxygen atoms in total. The first-order valence-electron chi connectivity index (χ1n) is 6.07. The summed E-state index contributed by atoms with van der Waals surface area (Å²) >= 11 is 0. The van der Waals surface area contributed by atoms with E-state index in [1.165, 1.54) is 6.08 Å². The van der Waals surface area contributed by atoms with Gasteiger partial charge in [-0.2, -0.15) is 5.10 Å². The number of aromatic nitrogens is 2. The van der Waals surface area contributed by atoms with Gasteiger partial charge in [0.05, 0.1) is 26.0 Å².